The summed E-state index contributed by atoms with van der Waals surface area (Å²) >= 11 is 0. The van der Waals surface area contributed by atoms with Gasteiger partial charge in [-0.15, -0.1) is 0 Å². The number of nitrogens with one attached hydrogen (secondary N) is 3. The second-order valence-electron chi connectivity index (χ2n) is 4.75. The molecule has 0 aromatic rings. The van der Waals surface area contributed by atoms with E-state index in [1.165, 1.54) is 0 Å². The van der Waals surface area contributed by atoms with Crippen LogP contribution in [-0.2, 0) is 14.8 Å². The monoisotopic (exact) mass is 293 g/mol. The van der Waals surface area contributed by atoms with Gasteiger partial charge in [0.1, 0.15) is 0 Å². The van der Waals surface area contributed by atoms with Crippen LogP contribution in [0.5, 0.6) is 0 Å². The van der Waals surface area contributed by atoms with Crippen LogP contribution < -0.4 is 15.4 Å². The van der Waals surface area contributed by atoms with Crippen LogP contribution in [0.1, 0.15) is 25.7 Å². The van der Waals surface area contributed by atoms with Gasteiger partial charge >= 0.3 is 12.0 Å². The summed E-state index contributed by atoms with van der Waals surface area (Å²) in [6, 6.07) is -0.476. The highest BCUT2D eigenvalue weighted by atomic mass is 32.2. The van der Waals surface area contributed by atoms with Crippen molar-refractivity contribution >= 4 is 22.0 Å². The molecule has 0 heterocycles. The predicted molar refractivity (Wildman–Crippen MR) is 68.2 cm³/mol. The Morgan fingerprint density at radius 3 is 2.32 bits per heavy atom. The maximum atomic E-state index is 11.6. The molecule has 9 heteroatoms. The molecule has 0 aromatic carbocycles. The molecule has 1 saturated carbocycles. The molecule has 0 radical (unpaired) electrons. The minimum atomic E-state index is -3.27. The van der Waals surface area contributed by atoms with Crippen molar-refractivity contribution < 1.29 is 23.1 Å². The smallest absolute Gasteiger partial charge is 0.315 e. The predicted octanol–water partition coefficient (Wildman–Crippen LogP) is -0.768. The van der Waals surface area contributed by atoms with Crippen molar-refractivity contribution in [3.63, 3.8) is 0 Å². The number of urea groups is 1. The number of amides is 2. The fourth-order valence-corrected chi connectivity index (χ4v) is 2.41. The third-order valence-corrected chi connectivity index (χ3v) is 3.68. The molecule has 1 rings (SSSR count). The molecule has 0 saturated heterocycles. The summed E-state index contributed by atoms with van der Waals surface area (Å²) in [7, 11) is -3.27. The van der Waals surface area contributed by atoms with Crippen LogP contribution in [0.3, 0.4) is 0 Å². The van der Waals surface area contributed by atoms with Crippen LogP contribution in [0.2, 0.25) is 0 Å². The zero-order valence-corrected chi connectivity index (χ0v) is 11.5. The summed E-state index contributed by atoms with van der Waals surface area (Å²) < 4.78 is 23.8. The van der Waals surface area contributed by atoms with Gasteiger partial charge in [-0.2, -0.15) is 0 Å². The fraction of sp³-hybridized carbons (Fsp3) is 0.800. The Balaban J connectivity index is 2.28. The summed E-state index contributed by atoms with van der Waals surface area (Å²) in [4.78, 5) is 22.3. The lowest BCUT2D eigenvalue weighted by Crippen LogP contribution is -2.57. The lowest BCUT2D eigenvalue weighted by molar-refractivity contribution is -0.139. The second kappa shape index (κ2) is 6.20. The Hall–Kier alpha value is -1.35. The quantitative estimate of drug-likeness (QED) is 0.459. The van der Waals surface area contributed by atoms with Gasteiger partial charge in [0, 0.05) is 13.1 Å². The van der Waals surface area contributed by atoms with Gasteiger partial charge in [0.2, 0.25) is 10.0 Å². The molecule has 110 valence electrons. The van der Waals surface area contributed by atoms with Gasteiger partial charge in [-0.3, -0.25) is 4.79 Å². The lowest BCUT2D eigenvalue weighted by Gasteiger charge is -2.41. The number of aliphatic carboxylic acids is 1. The fourth-order valence-electron chi connectivity index (χ4n) is 1.94. The van der Waals surface area contributed by atoms with Crippen molar-refractivity contribution in [1.82, 2.24) is 15.4 Å². The minimum Gasteiger partial charge on any atom is -0.481 e. The van der Waals surface area contributed by atoms with Crippen LogP contribution in [0.15, 0.2) is 0 Å². The van der Waals surface area contributed by atoms with Crippen LogP contribution in [0.4, 0.5) is 4.79 Å². The number of rotatable bonds is 7. The number of hydrogen-bond donors (Lipinski definition) is 4. The van der Waals surface area contributed by atoms with E-state index < -0.39 is 27.6 Å². The number of sulfonamides is 1. The lowest BCUT2D eigenvalue weighted by atomic mass is 9.74. The van der Waals surface area contributed by atoms with Crippen LogP contribution >= 0.6 is 0 Å². The standard InChI is InChI=1S/C10H19N3O5S/c1-19(17,18)12-6-5-11-9(16)13-10(3-2-4-10)7-8(14)15/h12H,2-7H2,1H3,(H,14,15)(H2,11,13,16). The third kappa shape index (κ3) is 5.88. The zero-order valence-electron chi connectivity index (χ0n) is 10.7. The summed E-state index contributed by atoms with van der Waals surface area (Å²) in [5.41, 5.74) is -0.653. The van der Waals surface area contributed by atoms with Gasteiger partial charge in [-0.05, 0) is 19.3 Å². The first-order chi connectivity index (χ1) is 8.72. The van der Waals surface area contributed by atoms with Gasteiger partial charge in [0.05, 0.1) is 18.2 Å². The van der Waals surface area contributed by atoms with Gasteiger partial charge in [-0.25, -0.2) is 17.9 Å². The zero-order chi connectivity index (χ0) is 14.5. The molecule has 1 aliphatic carbocycles. The number of carboxylic acid groups (broad SMARTS) is 1. The molecule has 19 heavy (non-hydrogen) atoms. The van der Waals surface area contributed by atoms with E-state index in [9.17, 15) is 18.0 Å². The van der Waals surface area contributed by atoms with E-state index in [0.29, 0.717) is 12.8 Å². The highest BCUT2D eigenvalue weighted by Crippen LogP contribution is 2.34. The average molecular weight is 293 g/mol. The van der Waals surface area contributed by atoms with Crippen molar-refractivity contribution in [3.8, 4) is 0 Å². The Morgan fingerprint density at radius 1 is 1.26 bits per heavy atom. The van der Waals surface area contributed by atoms with Crippen molar-refractivity contribution in [2.45, 2.75) is 31.2 Å². The van der Waals surface area contributed by atoms with Gasteiger partial charge in [0.15, 0.2) is 0 Å². The first kappa shape index (κ1) is 15.7. The van der Waals surface area contributed by atoms with Crippen molar-refractivity contribution in [3.05, 3.63) is 0 Å². The molecular formula is C10H19N3O5S. The van der Waals surface area contributed by atoms with Crippen LogP contribution in [0, 0.1) is 0 Å². The van der Waals surface area contributed by atoms with E-state index in [2.05, 4.69) is 15.4 Å². The molecule has 0 unspecified atom stereocenters. The van der Waals surface area contributed by atoms with Gasteiger partial charge in [-0.1, -0.05) is 0 Å². The molecule has 0 atom stereocenters. The maximum absolute atomic E-state index is 11.6. The average Bonchev–Trinajstić information content (AvgIpc) is 2.19. The molecule has 4 N–H and O–H groups in total. The first-order valence-electron chi connectivity index (χ1n) is 5.95. The number of carbonyl (C=O) groups excluding carboxylic acids is 1. The molecule has 1 fully saturated rings. The van der Waals surface area contributed by atoms with E-state index in [4.69, 9.17) is 5.11 Å². The van der Waals surface area contributed by atoms with E-state index in [0.717, 1.165) is 12.7 Å². The van der Waals surface area contributed by atoms with Crippen molar-refractivity contribution in [2.75, 3.05) is 19.3 Å². The maximum Gasteiger partial charge on any atom is 0.315 e. The van der Waals surface area contributed by atoms with Crippen LogP contribution in [0.25, 0.3) is 0 Å². The third-order valence-electron chi connectivity index (χ3n) is 2.95. The normalized spacial score (nSPS) is 17.3. The molecule has 1 aliphatic rings. The highest BCUT2D eigenvalue weighted by Gasteiger charge is 2.40. The van der Waals surface area contributed by atoms with E-state index in [1.807, 2.05) is 0 Å². The van der Waals surface area contributed by atoms with Crippen molar-refractivity contribution in [2.24, 2.45) is 0 Å². The summed E-state index contributed by atoms with van der Waals surface area (Å²) in [6.07, 6.45) is 3.12. The molecule has 2 amide bonds. The highest BCUT2D eigenvalue weighted by molar-refractivity contribution is 7.88. The van der Waals surface area contributed by atoms with Gasteiger partial charge in [0.25, 0.3) is 0 Å². The number of carbonyl (C=O) groups is 2. The second-order valence-corrected chi connectivity index (χ2v) is 6.58. The Bertz CT molecular complexity index is 444. The van der Waals surface area contributed by atoms with E-state index in [-0.39, 0.29) is 19.5 Å². The van der Waals surface area contributed by atoms with E-state index in [1.54, 1.807) is 0 Å². The number of carboxylic acids is 1. The first-order valence-corrected chi connectivity index (χ1v) is 7.84. The SMILES string of the molecule is CS(=O)(=O)NCCNC(=O)NC1(CC(=O)O)CCC1. The summed E-state index contributed by atoms with van der Waals surface area (Å²) in [6.45, 7) is 0.236. The summed E-state index contributed by atoms with van der Waals surface area (Å²) in [5.74, 6) is -0.946. The largest absolute Gasteiger partial charge is 0.481 e. The molecule has 0 aliphatic heterocycles. The Labute approximate surface area is 112 Å². The van der Waals surface area contributed by atoms with E-state index >= 15 is 0 Å². The topological polar surface area (TPSA) is 125 Å². The molecule has 0 spiro atoms. The molecule has 8 nitrogen and oxygen atoms in total. The molecule has 0 aromatic heterocycles. The number of hydrogen-bond acceptors (Lipinski definition) is 4. The van der Waals surface area contributed by atoms with Crippen LogP contribution in [-0.4, -0.2) is 50.4 Å². The Morgan fingerprint density at radius 2 is 1.89 bits per heavy atom. The Kier molecular flexibility index (Phi) is 5.12. The van der Waals surface area contributed by atoms with Gasteiger partial charge < -0.3 is 15.7 Å². The van der Waals surface area contributed by atoms with Crippen molar-refractivity contribution in [1.29, 1.82) is 0 Å². The molecular weight excluding hydrogens is 274 g/mol. The summed E-state index contributed by atoms with van der Waals surface area (Å²) in [5, 5.41) is 13.9. The minimum absolute atomic E-state index is 0.0952. The molecule has 0 bridgehead atoms.